The number of rotatable bonds is 3. The van der Waals surface area contributed by atoms with Gasteiger partial charge in [0.15, 0.2) is 0 Å². The highest BCUT2D eigenvalue weighted by molar-refractivity contribution is 5.82. The van der Waals surface area contributed by atoms with Crippen LogP contribution >= 0.6 is 0 Å². The third kappa shape index (κ3) is 2.14. The van der Waals surface area contributed by atoms with Gasteiger partial charge >= 0.3 is 5.97 Å². The van der Waals surface area contributed by atoms with Crippen molar-refractivity contribution in [1.82, 2.24) is 0 Å². The van der Waals surface area contributed by atoms with Gasteiger partial charge in [-0.1, -0.05) is 0 Å². The van der Waals surface area contributed by atoms with Crippen LogP contribution in [0.15, 0.2) is 24.3 Å². The van der Waals surface area contributed by atoms with Crippen LogP contribution < -0.4 is 4.90 Å². The summed E-state index contributed by atoms with van der Waals surface area (Å²) in [6, 6.07) is 8.84. The summed E-state index contributed by atoms with van der Waals surface area (Å²) in [7, 11) is 1.72. The molecule has 0 amide bonds. The maximum Gasteiger partial charge on any atom is 0.328 e. The minimum absolute atomic E-state index is 0.560. The zero-order valence-electron chi connectivity index (χ0n) is 9.56. The summed E-state index contributed by atoms with van der Waals surface area (Å²) in [4.78, 5) is 12.7. The molecule has 4 heteroatoms. The van der Waals surface area contributed by atoms with Crippen LogP contribution in [0.2, 0.25) is 0 Å². The number of nitriles is 1. The summed E-state index contributed by atoms with van der Waals surface area (Å²) in [6.45, 7) is 3.26. The van der Waals surface area contributed by atoms with Crippen molar-refractivity contribution in [2.45, 2.75) is 19.4 Å². The van der Waals surface area contributed by atoms with Crippen LogP contribution in [0, 0.1) is 11.3 Å². The summed E-state index contributed by atoms with van der Waals surface area (Å²) in [5.74, 6) is -0.889. The van der Waals surface area contributed by atoms with E-state index in [1.165, 1.54) is 0 Å². The molecule has 84 valence electrons. The predicted molar refractivity (Wildman–Crippen MR) is 61.3 cm³/mol. The second kappa shape index (κ2) is 4.23. The molecule has 0 heterocycles. The Morgan fingerprint density at radius 2 is 1.88 bits per heavy atom. The molecule has 0 aromatic heterocycles. The van der Waals surface area contributed by atoms with Crippen molar-refractivity contribution < 1.29 is 9.90 Å². The molecule has 0 aliphatic heterocycles. The van der Waals surface area contributed by atoms with E-state index in [0.29, 0.717) is 5.56 Å². The van der Waals surface area contributed by atoms with E-state index in [1.54, 1.807) is 50.1 Å². The van der Waals surface area contributed by atoms with E-state index in [2.05, 4.69) is 0 Å². The van der Waals surface area contributed by atoms with Crippen LogP contribution in [-0.4, -0.2) is 23.7 Å². The number of likely N-dealkylation sites (N-methyl/N-ethyl adjacent to an activating group) is 1. The molecule has 0 atom stereocenters. The third-order valence-corrected chi connectivity index (χ3v) is 2.75. The fourth-order valence-electron chi connectivity index (χ4n) is 1.23. The maximum absolute atomic E-state index is 11.1. The van der Waals surface area contributed by atoms with Crippen molar-refractivity contribution in [2.24, 2.45) is 0 Å². The Morgan fingerprint density at radius 3 is 2.25 bits per heavy atom. The zero-order chi connectivity index (χ0) is 12.3. The first kappa shape index (κ1) is 12.1. The lowest BCUT2D eigenvalue weighted by Crippen LogP contribution is -2.48. The molecule has 1 aromatic carbocycles. The summed E-state index contributed by atoms with van der Waals surface area (Å²) in [5.41, 5.74) is 0.352. The number of hydrogen-bond acceptors (Lipinski definition) is 3. The third-order valence-electron chi connectivity index (χ3n) is 2.75. The first-order chi connectivity index (χ1) is 7.39. The van der Waals surface area contributed by atoms with Gasteiger partial charge in [0, 0.05) is 12.7 Å². The van der Waals surface area contributed by atoms with E-state index in [-0.39, 0.29) is 0 Å². The number of carboxylic acid groups (broad SMARTS) is 1. The van der Waals surface area contributed by atoms with Crippen molar-refractivity contribution >= 4 is 11.7 Å². The number of benzene rings is 1. The Morgan fingerprint density at radius 1 is 1.38 bits per heavy atom. The minimum atomic E-state index is -0.978. The number of aliphatic carboxylic acids is 1. The number of hydrogen-bond donors (Lipinski definition) is 1. The van der Waals surface area contributed by atoms with Crippen molar-refractivity contribution in [3.8, 4) is 6.07 Å². The Labute approximate surface area is 94.7 Å². The summed E-state index contributed by atoms with van der Waals surface area (Å²) in [6.07, 6.45) is 0. The number of carboxylic acids is 1. The number of carbonyl (C=O) groups is 1. The average molecular weight is 218 g/mol. The molecule has 0 spiro atoms. The van der Waals surface area contributed by atoms with Gasteiger partial charge in [-0.15, -0.1) is 0 Å². The van der Waals surface area contributed by atoms with Crippen LogP contribution in [0.5, 0.6) is 0 Å². The second-order valence-corrected chi connectivity index (χ2v) is 4.08. The molecule has 4 nitrogen and oxygen atoms in total. The fraction of sp³-hybridized carbons (Fsp3) is 0.333. The van der Waals surface area contributed by atoms with Gasteiger partial charge < -0.3 is 10.0 Å². The smallest absolute Gasteiger partial charge is 0.328 e. The summed E-state index contributed by atoms with van der Waals surface area (Å²) < 4.78 is 0. The molecular weight excluding hydrogens is 204 g/mol. The highest BCUT2D eigenvalue weighted by atomic mass is 16.4. The minimum Gasteiger partial charge on any atom is -0.480 e. The number of anilines is 1. The quantitative estimate of drug-likeness (QED) is 0.841. The van der Waals surface area contributed by atoms with E-state index in [1.807, 2.05) is 6.07 Å². The largest absolute Gasteiger partial charge is 0.480 e. The van der Waals surface area contributed by atoms with Crippen LogP contribution in [-0.2, 0) is 4.79 Å². The van der Waals surface area contributed by atoms with Crippen LogP contribution in [0.1, 0.15) is 19.4 Å². The fourth-order valence-corrected chi connectivity index (χ4v) is 1.23. The highest BCUT2D eigenvalue weighted by Gasteiger charge is 2.32. The molecule has 0 radical (unpaired) electrons. The predicted octanol–water partition coefficient (Wildman–Crippen LogP) is 1.86. The van der Waals surface area contributed by atoms with Gasteiger partial charge in [0.05, 0.1) is 11.6 Å². The molecule has 1 rings (SSSR count). The van der Waals surface area contributed by atoms with Gasteiger partial charge in [0.25, 0.3) is 0 Å². The Balaban J connectivity index is 3.01. The average Bonchev–Trinajstić information content (AvgIpc) is 2.28. The van der Waals surface area contributed by atoms with Crippen molar-refractivity contribution in [1.29, 1.82) is 5.26 Å². The van der Waals surface area contributed by atoms with Gasteiger partial charge in [-0.3, -0.25) is 0 Å². The molecule has 0 fully saturated rings. The summed E-state index contributed by atoms with van der Waals surface area (Å²) >= 11 is 0. The monoisotopic (exact) mass is 218 g/mol. The molecule has 0 aliphatic rings. The molecule has 1 N–H and O–H groups in total. The lowest BCUT2D eigenvalue weighted by Gasteiger charge is -2.33. The lowest BCUT2D eigenvalue weighted by atomic mass is 10.0. The lowest BCUT2D eigenvalue weighted by molar-refractivity contribution is -0.142. The van der Waals surface area contributed by atoms with Crippen LogP contribution in [0.25, 0.3) is 0 Å². The Bertz CT molecular complexity index is 429. The van der Waals surface area contributed by atoms with Crippen LogP contribution in [0.4, 0.5) is 5.69 Å². The zero-order valence-corrected chi connectivity index (χ0v) is 9.56. The van der Waals surface area contributed by atoms with Crippen molar-refractivity contribution in [3.05, 3.63) is 29.8 Å². The highest BCUT2D eigenvalue weighted by Crippen LogP contribution is 2.22. The van der Waals surface area contributed by atoms with Gasteiger partial charge in [-0.05, 0) is 38.1 Å². The first-order valence-electron chi connectivity index (χ1n) is 4.87. The molecule has 0 unspecified atom stereocenters. The standard InChI is InChI=1S/C12H14N2O2/c1-12(2,11(15)16)14(3)10-6-4-9(8-13)5-7-10/h4-7H,1-3H3,(H,15,16). The molecule has 0 bridgehead atoms. The topological polar surface area (TPSA) is 64.3 Å². The van der Waals surface area contributed by atoms with Crippen molar-refractivity contribution in [3.63, 3.8) is 0 Å². The normalized spacial score (nSPS) is 10.6. The second-order valence-electron chi connectivity index (χ2n) is 4.08. The van der Waals surface area contributed by atoms with Crippen molar-refractivity contribution in [2.75, 3.05) is 11.9 Å². The SMILES string of the molecule is CN(c1ccc(C#N)cc1)C(C)(C)C(=O)O. The first-order valence-corrected chi connectivity index (χ1v) is 4.87. The Hall–Kier alpha value is -2.02. The van der Waals surface area contributed by atoms with E-state index < -0.39 is 11.5 Å². The molecule has 16 heavy (non-hydrogen) atoms. The molecule has 0 saturated heterocycles. The van der Waals surface area contributed by atoms with Gasteiger partial charge in [0.2, 0.25) is 0 Å². The summed E-state index contributed by atoms with van der Waals surface area (Å²) in [5, 5.41) is 17.7. The van der Waals surface area contributed by atoms with E-state index in [0.717, 1.165) is 5.69 Å². The van der Waals surface area contributed by atoms with E-state index >= 15 is 0 Å². The maximum atomic E-state index is 11.1. The molecule has 1 aromatic rings. The van der Waals surface area contributed by atoms with Gasteiger partial charge in [-0.25, -0.2) is 4.79 Å². The van der Waals surface area contributed by atoms with E-state index in [4.69, 9.17) is 10.4 Å². The van der Waals surface area contributed by atoms with E-state index in [9.17, 15) is 4.79 Å². The van der Waals surface area contributed by atoms with Crippen LogP contribution in [0.3, 0.4) is 0 Å². The van der Waals surface area contributed by atoms with Gasteiger partial charge in [-0.2, -0.15) is 5.26 Å². The molecule has 0 saturated carbocycles. The number of nitrogens with zero attached hydrogens (tertiary/aromatic N) is 2. The molecule has 0 aliphatic carbocycles. The Kier molecular flexibility index (Phi) is 3.19. The van der Waals surface area contributed by atoms with Gasteiger partial charge in [0.1, 0.15) is 5.54 Å². The molecular formula is C12H14N2O2.